The summed E-state index contributed by atoms with van der Waals surface area (Å²) in [5.41, 5.74) is 5.60. The second-order valence-electron chi connectivity index (χ2n) is 3.76. The van der Waals surface area contributed by atoms with Crippen LogP contribution in [0.25, 0.3) is 0 Å². The van der Waals surface area contributed by atoms with E-state index in [1.807, 2.05) is 0 Å². The minimum atomic E-state index is -3.80. The summed E-state index contributed by atoms with van der Waals surface area (Å²) in [5, 5.41) is 2.22. The summed E-state index contributed by atoms with van der Waals surface area (Å²) in [5.74, 6) is 0. The molecule has 1 aromatic carbocycles. The standard InChI is InChI=1S/C11H9Cl3N2O2S2/c12-6-3-7(13)11(8(14)4-6)16-20(17,18)10-1-2-19-9(10)5-15/h1-4,16H,5,15H2. The van der Waals surface area contributed by atoms with Crippen molar-refractivity contribution in [1.29, 1.82) is 0 Å². The molecular formula is C11H9Cl3N2O2S2. The molecule has 0 aliphatic heterocycles. The van der Waals surface area contributed by atoms with Gasteiger partial charge < -0.3 is 5.73 Å². The van der Waals surface area contributed by atoms with Crippen molar-refractivity contribution in [1.82, 2.24) is 0 Å². The molecule has 20 heavy (non-hydrogen) atoms. The minimum absolute atomic E-state index is 0.0897. The molecule has 1 aromatic heterocycles. The third-order valence-corrected chi connectivity index (χ3v) is 5.74. The zero-order valence-electron chi connectivity index (χ0n) is 9.86. The number of halogens is 3. The van der Waals surface area contributed by atoms with Crippen molar-refractivity contribution in [2.24, 2.45) is 5.73 Å². The number of nitrogens with one attached hydrogen (secondary N) is 1. The lowest BCUT2D eigenvalue weighted by atomic mass is 10.3. The molecule has 0 aliphatic rings. The van der Waals surface area contributed by atoms with E-state index in [2.05, 4.69) is 4.72 Å². The average Bonchev–Trinajstić information content (AvgIpc) is 2.83. The number of hydrogen-bond donors (Lipinski definition) is 2. The number of hydrogen-bond acceptors (Lipinski definition) is 4. The molecule has 108 valence electrons. The number of anilines is 1. The predicted octanol–water partition coefficient (Wildman–Crippen LogP) is 3.97. The molecule has 0 atom stereocenters. The Morgan fingerprint density at radius 1 is 1.20 bits per heavy atom. The van der Waals surface area contributed by atoms with Crippen LogP contribution in [-0.4, -0.2) is 8.42 Å². The first-order valence-corrected chi connectivity index (χ1v) is 8.78. The van der Waals surface area contributed by atoms with Gasteiger partial charge in [-0.1, -0.05) is 34.8 Å². The number of benzene rings is 1. The maximum atomic E-state index is 12.3. The third-order valence-electron chi connectivity index (χ3n) is 2.42. The van der Waals surface area contributed by atoms with Gasteiger partial charge in [-0.3, -0.25) is 4.72 Å². The fraction of sp³-hybridized carbons (Fsp3) is 0.0909. The molecule has 9 heteroatoms. The maximum Gasteiger partial charge on any atom is 0.263 e. The van der Waals surface area contributed by atoms with Crippen molar-refractivity contribution in [3.05, 3.63) is 43.5 Å². The SMILES string of the molecule is NCc1sccc1S(=O)(=O)Nc1c(Cl)cc(Cl)cc1Cl. The van der Waals surface area contributed by atoms with E-state index in [1.165, 1.54) is 29.5 Å². The van der Waals surface area contributed by atoms with Crippen molar-refractivity contribution in [3.63, 3.8) is 0 Å². The monoisotopic (exact) mass is 370 g/mol. The number of rotatable bonds is 4. The van der Waals surface area contributed by atoms with E-state index in [1.54, 1.807) is 5.38 Å². The molecule has 0 amide bonds. The van der Waals surface area contributed by atoms with Gasteiger partial charge in [0.15, 0.2) is 0 Å². The second-order valence-corrected chi connectivity index (χ2v) is 7.66. The molecule has 0 saturated carbocycles. The van der Waals surface area contributed by atoms with Crippen LogP contribution >= 0.6 is 46.1 Å². The molecule has 0 aliphatic carbocycles. The molecule has 0 saturated heterocycles. The second kappa shape index (κ2) is 6.09. The molecule has 0 bridgehead atoms. The fourth-order valence-electron chi connectivity index (χ4n) is 1.55. The highest BCUT2D eigenvalue weighted by molar-refractivity contribution is 7.93. The quantitative estimate of drug-likeness (QED) is 0.854. The molecule has 2 rings (SSSR count). The van der Waals surface area contributed by atoms with Gasteiger partial charge in [0.1, 0.15) is 4.90 Å². The van der Waals surface area contributed by atoms with E-state index in [9.17, 15) is 8.42 Å². The Kier molecular flexibility index (Phi) is 4.84. The third kappa shape index (κ3) is 3.21. The van der Waals surface area contributed by atoms with Crippen molar-refractivity contribution in [3.8, 4) is 0 Å². The fourth-order valence-corrected chi connectivity index (χ4v) is 5.01. The Labute approximate surface area is 135 Å². The van der Waals surface area contributed by atoms with Gasteiger partial charge in [0.05, 0.1) is 15.7 Å². The van der Waals surface area contributed by atoms with E-state index in [0.717, 1.165) is 0 Å². The molecule has 0 fully saturated rings. The Morgan fingerprint density at radius 2 is 1.80 bits per heavy atom. The van der Waals surface area contributed by atoms with Crippen molar-refractivity contribution in [2.75, 3.05) is 4.72 Å². The van der Waals surface area contributed by atoms with Gasteiger partial charge in [-0.2, -0.15) is 0 Å². The van der Waals surface area contributed by atoms with E-state index in [4.69, 9.17) is 40.5 Å². The Hall–Kier alpha value is -0.500. The first-order chi connectivity index (χ1) is 9.35. The van der Waals surface area contributed by atoms with Crippen LogP contribution in [0.2, 0.25) is 15.1 Å². The van der Waals surface area contributed by atoms with Crippen LogP contribution in [0.4, 0.5) is 5.69 Å². The van der Waals surface area contributed by atoms with Crippen LogP contribution in [-0.2, 0) is 16.6 Å². The molecule has 1 heterocycles. The first kappa shape index (κ1) is 15.9. The summed E-state index contributed by atoms with van der Waals surface area (Å²) in [6.45, 7) is 0.135. The maximum absolute atomic E-state index is 12.3. The zero-order chi connectivity index (χ0) is 14.9. The van der Waals surface area contributed by atoms with Gasteiger partial charge in [-0.25, -0.2) is 8.42 Å². The smallest absolute Gasteiger partial charge is 0.263 e. The normalized spacial score (nSPS) is 11.6. The lowest BCUT2D eigenvalue weighted by molar-refractivity contribution is 0.600. The van der Waals surface area contributed by atoms with Crippen molar-refractivity contribution in [2.45, 2.75) is 11.4 Å². The molecule has 3 N–H and O–H groups in total. The molecule has 4 nitrogen and oxygen atoms in total. The number of sulfonamides is 1. The van der Waals surface area contributed by atoms with E-state index in [0.29, 0.717) is 9.90 Å². The lowest BCUT2D eigenvalue weighted by Crippen LogP contribution is -2.15. The van der Waals surface area contributed by atoms with Gasteiger partial charge in [-0.05, 0) is 23.6 Å². The molecule has 0 unspecified atom stereocenters. The Balaban J connectivity index is 2.44. The highest BCUT2D eigenvalue weighted by atomic mass is 35.5. The van der Waals surface area contributed by atoms with Crippen LogP contribution < -0.4 is 10.5 Å². The molecule has 0 spiro atoms. The van der Waals surface area contributed by atoms with E-state index < -0.39 is 10.0 Å². The summed E-state index contributed by atoms with van der Waals surface area (Å²) in [6.07, 6.45) is 0. The highest BCUT2D eigenvalue weighted by Gasteiger charge is 2.21. The van der Waals surface area contributed by atoms with Crippen molar-refractivity contribution < 1.29 is 8.42 Å². The summed E-state index contributed by atoms with van der Waals surface area (Å²) in [7, 11) is -3.80. The Bertz CT molecular complexity index is 721. The predicted molar refractivity (Wildman–Crippen MR) is 84.5 cm³/mol. The van der Waals surface area contributed by atoms with Gasteiger partial charge in [0, 0.05) is 16.4 Å². The summed E-state index contributed by atoms with van der Waals surface area (Å²) >= 11 is 19.0. The molecule has 0 radical (unpaired) electrons. The van der Waals surface area contributed by atoms with Crippen LogP contribution in [0, 0.1) is 0 Å². The van der Waals surface area contributed by atoms with Crippen LogP contribution in [0.3, 0.4) is 0 Å². The molecule has 2 aromatic rings. The van der Waals surface area contributed by atoms with Gasteiger partial charge >= 0.3 is 0 Å². The Morgan fingerprint density at radius 3 is 2.35 bits per heavy atom. The summed E-state index contributed by atoms with van der Waals surface area (Å²) < 4.78 is 27.0. The van der Waals surface area contributed by atoms with Crippen LogP contribution in [0.5, 0.6) is 0 Å². The zero-order valence-corrected chi connectivity index (χ0v) is 13.8. The van der Waals surface area contributed by atoms with E-state index in [-0.39, 0.29) is 27.2 Å². The van der Waals surface area contributed by atoms with Gasteiger partial charge in [0.2, 0.25) is 0 Å². The average molecular weight is 372 g/mol. The van der Waals surface area contributed by atoms with Crippen LogP contribution in [0.15, 0.2) is 28.5 Å². The van der Waals surface area contributed by atoms with Crippen LogP contribution in [0.1, 0.15) is 4.88 Å². The van der Waals surface area contributed by atoms with Gasteiger partial charge in [0.25, 0.3) is 10.0 Å². The molecular weight excluding hydrogens is 363 g/mol. The summed E-state index contributed by atoms with van der Waals surface area (Å²) in [6, 6.07) is 4.29. The van der Waals surface area contributed by atoms with E-state index >= 15 is 0 Å². The summed E-state index contributed by atoms with van der Waals surface area (Å²) in [4.78, 5) is 0.672. The number of thiophene rings is 1. The van der Waals surface area contributed by atoms with Crippen molar-refractivity contribution >= 4 is 61.9 Å². The minimum Gasteiger partial charge on any atom is -0.326 e. The highest BCUT2D eigenvalue weighted by Crippen LogP contribution is 2.35. The van der Waals surface area contributed by atoms with Gasteiger partial charge in [-0.15, -0.1) is 11.3 Å². The largest absolute Gasteiger partial charge is 0.326 e. The number of nitrogens with two attached hydrogens (primary N) is 1. The topological polar surface area (TPSA) is 72.2 Å². The lowest BCUT2D eigenvalue weighted by Gasteiger charge is -2.11. The first-order valence-electron chi connectivity index (χ1n) is 5.29.